The van der Waals surface area contributed by atoms with Gasteiger partial charge in [-0.3, -0.25) is 4.57 Å². The first-order valence-corrected chi connectivity index (χ1v) is 19.6. The second kappa shape index (κ2) is 11.6. The first kappa shape index (κ1) is 30.6. The molecule has 0 spiro atoms. The lowest BCUT2D eigenvalue weighted by Gasteiger charge is -2.33. The van der Waals surface area contributed by atoms with Gasteiger partial charge in [-0.05, 0) is 74.5 Å². The first-order chi connectivity index (χ1) is 27.3. The third-order valence-electron chi connectivity index (χ3n) is 11.7. The van der Waals surface area contributed by atoms with E-state index in [9.17, 15) is 0 Å². The highest BCUT2D eigenvalue weighted by atomic mass is 32.1. The summed E-state index contributed by atoms with van der Waals surface area (Å²) in [7, 11) is 0. The molecule has 0 saturated carbocycles. The van der Waals surface area contributed by atoms with Crippen LogP contribution in [0.3, 0.4) is 0 Å². The molecule has 0 fully saturated rings. The van der Waals surface area contributed by atoms with Gasteiger partial charge in [-0.2, -0.15) is 0 Å². The highest BCUT2D eigenvalue weighted by molar-refractivity contribution is 7.26. The van der Waals surface area contributed by atoms with Crippen molar-refractivity contribution in [3.05, 3.63) is 210 Å². The lowest BCUT2D eigenvalue weighted by atomic mass is 9.67. The number of para-hydroxylation sites is 1. The molecule has 256 valence electrons. The maximum Gasteiger partial charge on any atom is 0.162 e. The van der Waals surface area contributed by atoms with Crippen molar-refractivity contribution < 1.29 is 0 Å². The summed E-state index contributed by atoms with van der Waals surface area (Å²) < 4.78 is 4.66. The molecule has 11 aromatic rings. The van der Waals surface area contributed by atoms with Crippen molar-refractivity contribution in [3.8, 4) is 28.3 Å². The normalized spacial score (nSPS) is 13.2. The Morgan fingerprint density at radius 1 is 0.455 bits per heavy atom. The van der Waals surface area contributed by atoms with E-state index in [4.69, 9.17) is 9.97 Å². The first-order valence-electron chi connectivity index (χ1n) is 18.7. The van der Waals surface area contributed by atoms with E-state index in [-0.39, 0.29) is 0 Å². The second-order valence-electron chi connectivity index (χ2n) is 14.5. The molecule has 12 rings (SSSR count). The van der Waals surface area contributed by atoms with E-state index in [1.54, 1.807) is 11.3 Å². The minimum atomic E-state index is -0.460. The summed E-state index contributed by atoms with van der Waals surface area (Å²) >= 11 is 1.77. The number of hydrogen-bond acceptors (Lipinski definition) is 3. The number of fused-ring (bicyclic) bond motifs is 10. The van der Waals surface area contributed by atoms with Crippen molar-refractivity contribution in [2.24, 2.45) is 0 Å². The molecule has 0 radical (unpaired) electrons. The molecule has 1 aliphatic rings. The van der Waals surface area contributed by atoms with E-state index in [0.717, 1.165) is 43.8 Å². The summed E-state index contributed by atoms with van der Waals surface area (Å²) in [5.74, 6) is 1.63. The maximum atomic E-state index is 5.59. The van der Waals surface area contributed by atoms with Crippen LogP contribution in [0, 0.1) is 0 Å². The van der Waals surface area contributed by atoms with Crippen LogP contribution in [0.25, 0.3) is 81.2 Å². The Hall–Kier alpha value is -6.88. The highest BCUT2D eigenvalue weighted by Crippen LogP contribution is 2.56. The minimum absolute atomic E-state index is 0.460. The number of aromatic nitrogens is 3. The van der Waals surface area contributed by atoms with Gasteiger partial charge in [0, 0.05) is 26.4 Å². The molecule has 0 aliphatic heterocycles. The molecule has 3 aromatic heterocycles. The van der Waals surface area contributed by atoms with E-state index in [1.165, 1.54) is 59.6 Å². The van der Waals surface area contributed by atoms with Crippen molar-refractivity contribution in [1.82, 2.24) is 14.5 Å². The minimum Gasteiger partial charge on any atom is -0.292 e. The number of benzene rings is 8. The molecule has 0 unspecified atom stereocenters. The molecule has 1 aliphatic carbocycles. The number of hydrogen-bond donors (Lipinski definition) is 0. The van der Waals surface area contributed by atoms with E-state index < -0.39 is 5.41 Å². The molecule has 0 atom stereocenters. The third-order valence-corrected chi connectivity index (χ3v) is 12.8. The number of rotatable bonds is 4. The van der Waals surface area contributed by atoms with Gasteiger partial charge in [0.1, 0.15) is 0 Å². The molecule has 0 amide bonds. The lowest BCUT2D eigenvalue weighted by Crippen LogP contribution is -2.28. The maximum absolute atomic E-state index is 5.59. The van der Waals surface area contributed by atoms with Crippen LogP contribution in [-0.4, -0.2) is 14.5 Å². The molecule has 55 heavy (non-hydrogen) atoms. The lowest BCUT2D eigenvalue weighted by molar-refractivity contribution is 0.768. The molecular formula is C51H31N3S. The van der Waals surface area contributed by atoms with Gasteiger partial charge in [-0.15, -0.1) is 11.3 Å². The van der Waals surface area contributed by atoms with E-state index >= 15 is 0 Å². The van der Waals surface area contributed by atoms with Crippen molar-refractivity contribution in [1.29, 1.82) is 0 Å². The van der Waals surface area contributed by atoms with E-state index in [0.29, 0.717) is 0 Å². The Labute approximate surface area is 321 Å². The van der Waals surface area contributed by atoms with Gasteiger partial charge in [-0.25, -0.2) is 9.97 Å². The van der Waals surface area contributed by atoms with Crippen LogP contribution in [-0.2, 0) is 5.41 Å². The van der Waals surface area contributed by atoms with Gasteiger partial charge in [0.05, 0.1) is 26.7 Å². The summed E-state index contributed by atoms with van der Waals surface area (Å²) in [5, 5.41) is 6.02. The molecule has 0 saturated heterocycles. The molecule has 0 N–H and O–H groups in total. The summed E-state index contributed by atoms with van der Waals surface area (Å²) in [6.45, 7) is 0. The van der Waals surface area contributed by atoms with Crippen LogP contribution < -0.4 is 0 Å². The van der Waals surface area contributed by atoms with Crippen molar-refractivity contribution in [2.75, 3.05) is 0 Å². The molecule has 8 aromatic carbocycles. The summed E-state index contributed by atoms with van der Waals surface area (Å²) in [6, 6.07) is 68.3. The molecule has 3 nitrogen and oxygen atoms in total. The largest absolute Gasteiger partial charge is 0.292 e. The quantitative estimate of drug-likeness (QED) is 0.181. The van der Waals surface area contributed by atoms with Crippen LogP contribution in [0.15, 0.2) is 188 Å². The summed E-state index contributed by atoms with van der Waals surface area (Å²) in [6.07, 6.45) is 0. The van der Waals surface area contributed by atoms with Crippen LogP contribution in [0.4, 0.5) is 0 Å². The van der Waals surface area contributed by atoms with E-state index in [2.05, 4.69) is 193 Å². The van der Waals surface area contributed by atoms with Crippen LogP contribution in [0.5, 0.6) is 0 Å². The fraction of sp³-hybridized carbons (Fsp3) is 0.0196. The Morgan fingerprint density at radius 2 is 1.09 bits per heavy atom. The molecule has 0 bridgehead atoms. The third kappa shape index (κ3) is 4.26. The monoisotopic (exact) mass is 717 g/mol. The summed E-state index contributed by atoms with van der Waals surface area (Å²) in [4.78, 5) is 11.0. The average Bonchev–Trinajstić information content (AvgIpc) is 3.89. The SMILES string of the molecule is c1ccc(C2(c3ccccc3)c3ccccc3-c3cc(-c4nc(-n5c6ccccc6c6cc7ccccc7cc65)c5sc6ccccc6c5n4)ccc32)cc1. The zero-order valence-corrected chi connectivity index (χ0v) is 30.5. The topological polar surface area (TPSA) is 30.7 Å². The number of nitrogens with zero attached hydrogens (tertiary/aromatic N) is 3. The zero-order chi connectivity index (χ0) is 36.1. The van der Waals surface area contributed by atoms with Crippen molar-refractivity contribution in [2.45, 2.75) is 5.41 Å². The number of thiophene rings is 1. The summed E-state index contributed by atoms with van der Waals surface area (Å²) in [5.41, 5.74) is 11.3. The van der Waals surface area contributed by atoms with Crippen LogP contribution in [0.2, 0.25) is 0 Å². The Balaban J connectivity index is 1.16. The van der Waals surface area contributed by atoms with Crippen LogP contribution in [0.1, 0.15) is 22.3 Å². The molecular weight excluding hydrogens is 687 g/mol. The fourth-order valence-electron chi connectivity index (χ4n) is 9.33. The van der Waals surface area contributed by atoms with Gasteiger partial charge in [-0.1, -0.05) is 158 Å². The van der Waals surface area contributed by atoms with E-state index in [1.807, 2.05) is 0 Å². The van der Waals surface area contributed by atoms with Gasteiger partial charge in [0.25, 0.3) is 0 Å². The smallest absolute Gasteiger partial charge is 0.162 e. The molecule has 3 heterocycles. The fourth-order valence-corrected chi connectivity index (χ4v) is 10.5. The van der Waals surface area contributed by atoms with Crippen molar-refractivity contribution >= 4 is 64.2 Å². The highest BCUT2D eigenvalue weighted by Gasteiger charge is 2.46. The Morgan fingerprint density at radius 3 is 1.89 bits per heavy atom. The van der Waals surface area contributed by atoms with Crippen molar-refractivity contribution in [3.63, 3.8) is 0 Å². The van der Waals surface area contributed by atoms with Gasteiger partial charge < -0.3 is 0 Å². The second-order valence-corrected chi connectivity index (χ2v) is 15.6. The van der Waals surface area contributed by atoms with Gasteiger partial charge in [0.15, 0.2) is 11.6 Å². The molecule has 4 heteroatoms. The standard InChI is InChI=1S/C51H31N3S/c1-3-17-35(18-4-1)51(36-19-5-2-6-20-36)42-24-12-9-21-37(42)40-30-34(27-28-43(40)51)49-52-47-39-23-11-14-26-46(39)55-48(47)50(53-49)54-44-25-13-10-22-38(44)41-29-32-15-7-8-16-33(32)31-45(41)54/h1-31H. The predicted molar refractivity (Wildman–Crippen MR) is 230 cm³/mol. The van der Waals surface area contributed by atoms with Gasteiger partial charge >= 0.3 is 0 Å². The Bertz CT molecular complexity index is 3280. The predicted octanol–water partition coefficient (Wildman–Crippen LogP) is 13.1. The Kier molecular flexibility index (Phi) is 6.42. The average molecular weight is 718 g/mol. The van der Waals surface area contributed by atoms with Gasteiger partial charge in [0.2, 0.25) is 0 Å². The zero-order valence-electron chi connectivity index (χ0n) is 29.6. The van der Waals surface area contributed by atoms with Crippen LogP contribution >= 0.6 is 11.3 Å².